The zero-order chi connectivity index (χ0) is 15.8. The Bertz CT molecular complexity index is 610. The minimum absolute atomic E-state index is 0.0656. The molecule has 2 rings (SSSR count). The second-order valence-corrected chi connectivity index (χ2v) is 7.96. The van der Waals surface area contributed by atoms with E-state index < -0.39 is 22.2 Å². The van der Waals surface area contributed by atoms with Crippen molar-refractivity contribution in [3.8, 4) is 0 Å². The fourth-order valence-electron chi connectivity index (χ4n) is 2.68. The molecule has 0 saturated heterocycles. The van der Waals surface area contributed by atoms with Gasteiger partial charge in [0.25, 0.3) is 0 Å². The van der Waals surface area contributed by atoms with Gasteiger partial charge in [0.2, 0.25) is 10.0 Å². The molecule has 0 bridgehead atoms. The maximum absolute atomic E-state index is 12.7. The summed E-state index contributed by atoms with van der Waals surface area (Å²) in [5.74, 6) is 0. The van der Waals surface area contributed by atoms with Crippen molar-refractivity contribution in [1.29, 1.82) is 0 Å². The van der Waals surface area contributed by atoms with Gasteiger partial charge in [-0.25, -0.2) is 8.42 Å². The lowest BCUT2D eigenvalue weighted by molar-refractivity contribution is 0.0638. The van der Waals surface area contributed by atoms with Crippen molar-refractivity contribution < 1.29 is 13.5 Å². The average molecular weight is 333 g/mol. The minimum Gasteiger partial charge on any atom is -0.398 e. The largest absolute Gasteiger partial charge is 0.398 e. The Labute approximate surface area is 130 Å². The molecule has 1 saturated carbocycles. The van der Waals surface area contributed by atoms with Crippen molar-refractivity contribution >= 4 is 27.3 Å². The predicted octanol–water partition coefficient (Wildman–Crippen LogP) is 2.15. The van der Waals surface area contributed by atoms with E-state index in [-0.39, 0.29) is 4.90 Å². The van der Waals surface area contributed by atoms with Crippen molar-refractivity contribution in [1.82, 2.24) is 4.31 Å². The third-order valence-electron chi connectivity index (χ3n) is 4.20. The first kappa shape index (κ1) is 16.5. The Hall–Kier alpha value is -0.820. The highest BCUT2D eigenvalue weighted by molar-refractivity contribution is 7.89. The van der Waals surface area contributed by atoms with Crippen molar-refractivity contribution in [2.45, 2.75) is 49.6 Å². The molecule has 0 amide bonds. The molecule has 1 aromatic rings. The lowest BCUT2D eigenvalue weighted by atomic mass is 9.93. The third-order valence-corrected chi connectivity index (χ3v) is 6.45. The van der Waals surface area contributed by atoms with Crippen molar-refractivity contribution in [2.24, 2.45) is 0 Å². The molecule has 0 radical (unpaired) electrons. The zero-order valence-electron chi connectivity index (χ0n) is 12.2. The van der Waals surface area contributed by atoms with Crippen molar-refractivity contribution in [3.63, 3.8) is 0 Å². The van der Waals surface area contributed by atoms with Gasteiger partial charge in [-0.15, -0.1) is 0 Å². The van der Waals surface area contributed by atoms with E-state index in [9.17, 15) is 13.5 Å². The second kappa shape index (κ2) is 6.12. The smallest absolute Gasteiger partial charge is 0.243 e. The number of halogens is 1. The number of hydrogen-bond donors (Lipinski definition) is 2. The van der Waals surface area contributed by atoms with Gasteiger partial charge in [-0.3, -0.25) is 0 Å². The molecule has 2 unspecified atom stereocenters. The monoisotopic (exact) mass is 332 g/mol. The molecule has 0 heterocycles. The number of nitrogens with zero attached hydrogens (tertiary/aromatic N) is 1. The summed E-state index contributed by atoms with van der Waals surface area (Å²) < 4.78 is 26.6. The predicted molar refractivity (Wildman–Crippen MR) is 83.8 cm³/mol. The molecule has 0 spiro atoms. The van der Waals surface area contributed by atoms with E-state index in [2.05, 4.69) is 0 Å². The lowest BCUT2D eigenvalue weighted by Gasteiger charge is -2.34. The number of hydrogen-bond acceptors (Lipinski definition) is 4. The normalized spacial score (nSPS) is 23.5. The van der Waals surface area contributed by atoms with Gasteiger partial charge in [0, 0.05) is 17.8 Å². The SMILES string of the molecule is Cc1c(N)cc(S(=O)(=O)N(C)C2CCCCC2O)cc1Cl. The van der Waals surface area contributed by atoms with Gasteiger partial charge in [-0.2, -0.15) is 4.31 Å². The molecule has 1 fully saturated rings. The van der Waals surface area contributed by atoms with Crippen LogP contribution in [0.2, 0.25) is 5.02 Å². The van der Waals surface area contributed by atoms with Crippen LogP contribution >= 0.6 is 11.6 Å². The second-order valence-electron chi connectivity index (χ2n) is 5.56. The molecule has 0 aliphatic heterocycles. The highest BCUT2D eigenvalue weighted by Gasteiger charge is 2.34. The Morgan fingerprint density at radius 3 is 2.52 bits per heavy atom. The van der Waals surface area contributed by atoms with Gasteiger partial charge < -0.3 is 10.8 Å². The molecule has 1 aromatic carbocycles. The van der Waals surface area contributed by atoms with Crippen LogP contribution in [-0.4, -0.2) is 37.0 Å². The topological polar surface area (TPSA) is 83.6 Å². The molecular formula is C14H21ClN2O3S. The summed E-state index contributed by atoms with van der Waals surface area (Å²) in [6, 6.07) is 2.43. The van der Waals surface area contributed by atoms with Crippen LogP contribution in [0, 0.1) is 6.92 Å². The van der Waals surface area contributed by atoms with E-state index >= 15 is 0 Å². The molecule has 1 aliphatic carbocycles. The average Bonchev–Trinajstić information content (AvgIpc) is 2.44. The van der Waals surface area contributed by atoms with Gasteiger partial charge in [0.05, 0.1) is 17.0 Å². The van der Waals surface area contributed by atoms with Gasteiger partial charge in [-0.1, -0.05) is 24.4 Å². The maximum Gasteiger partial charge on any atom is 0.243 e. The van der Waals surface area contributed by atoms with Crippen LogP contribution in [0.25, 0.3) is 0 Å². The molecule has 118 valence electrons. The van der Waals surface area contributed by atoms with Crippen LogP contribution in [0.4, 0.5) is 5.69 Å². The zero-order valence-corrected chi connectivity index (χ0v) is 13.8. The van der Waals surface area contributed by atoms with Crippen LogP contribution in [0.1, 0.15) is 31.2 Å². The van der Waals surface area contributed by atoms with E-state index in [1.807, 2.05) is 0 Å². The number of sulfonamides is 1. The van der Waals surface area contributed by atoms with E-state index in [1.165, 1.54) is 23.5 Å². The van der Waals surface area contributed by atoms with Crippen LogP contribution in [0.5, 0.6) is 0 Å². The first-order valence-electron chi connectivity index (χ1n) is 6.97. The van der Waals surface area contributed by atoms with E-state index in [0.717, 1.165) is 12.8 Å². The molecule has 1 aliphatic rings. The number of aliphatic hydroxyl groups is 1. The standard InChI is InChI=1S/C14H21ClN2O3S/c1-9-11(15)7-10(8-12(9)16)21(19,20)17(2)13-5-3-4-6-14(13)18/h7-8,13-14,18H,3-6,16H2,1-2H3. The molecule has 21 heavy (non-hydrogen) atoms. The van der Waals surface area contributed by atoms with Crippen LogP contribution in [0.15, 0.2) is 17.0 Å². The van der Waals surface area contributed by atoms with E-state index in [0.29, 0.717) is 29.1 Å². The number of aliphatic hydroxyl groups excluding tert-OH is 1. The van der Waals surface area contributed by atoms with Crippen LogP contribution in [-0.2, 0) is 10.0 Å². The third kappa shape index (κ3) is 3.18. The number of anilines is 1. The Morgan fingerprint density at radius 2 is 1.95 bits per heavy atom. The summed E-state index contributed by atoms with van der Waals surface area (Å²) >= 11 is 6.03. The quantitative estimate of drug-likeness (QED) is 0.831. The fraction of sp³-hybridized carbons (Fsp3) is 0.571. The van der Waals surface area contributed by atoms with E-state index in [1.54, 1.807) is 6.92 Å². The number of benzene rings is 1. The summed E-state index contributed by atoms with van der Waals surface area (Å²) in [7, 11) is -2.23. The van der Waals surface area contributed by atoms with Crippen molar-refractivity contribution in [3.05, 3.63) is 22.7 Å². The lowest BCUT2D eigenvalue weighted by Crippen LogP contribution is -2.46. The molecule has 7 heteroatoms. The van der Waals surface area contributed by atoms with Gasteiger partial charge in [0.15, 0.2) is 0 Å². The Morgan fingerprint density at radius 1 is 1.33 bits per heavy atom. The number of likely N-dealkylation sites (N-methyl/N-ethyl adjacent to an activating group) is 1. The van der Waals surface area contributed by atoms with Crippen molar-refractivity contribution in [2.75, 3.05) is 12.8 Å². The Kier molecular flexibility index (Phi) is 4.82. The summed E-state index contributed by atoms with van der Waals surface area (Å²) in [4.78, 5) is 0.0656. The number of rotatable bonds is 3. The highest BCUT2D eigenvalue weighted by Crippen LogP contribution is 2.30. The van der Waals surface area contributed by atoms with Crippen LogP contribution in [0.3, 0.4) is 0 Å². The van der Waals surface area contributed by atoms with Gasteiger partial charge in [0.1, 0.15) is 0 Å². The molecule has 3 N–H and O–H groups in total. The van der Waals surface area contributed by atoms with E-state index in [4.69, 9.17) is 17.3 Å². The van der Waals surface area contributed by atoms with Gasteiger partial charge >= 0.3 is 0 Å². The highest BCUT2D eigenvalue weighted by atomic mass is 35.5. The first-order valence-corrected chi connectivity index (χ1v) is 8.78. The fourth-order valence-corrected chi connectivity index (χ4v) is 4.45. The summed E-state index contributed by atoms with van der Waals surface area (Å²) in [5, 5.41) is 10.4. The number of nitrogen functional groups attached to an aromatic ring is 1. The van der Waals surface area contributed by atoms with Gasteiger partial charge in [-0.05, 0) is 37.5 Å². The molecule has 5 nitrogen and oxygen atoms in total. The number of nitrogens with two attached hydrogens (primary N) is 1. The molecular weight excluding hydrogens is 312 g/mol. The summed E-state index contributed by atoms with van der Waals surface area (Å²) in [5.41, 5.74) is 6.82. The summed E-state index contributed by atoms with van der Waals surface area (Å²) in [6.45, 7) is 1.74. The summed E-state index contributed by atoms with van der Waals surface area (Å²) in [6.07, 6.45) is 2.50. The minimum atomic E-state index is -3.72. The maximum atomic E-state index is 12.7. The molecule has 2 atom stereocenters. The molecule has 0 aromatic heterocycles. The Balaban J connectivity index is 2.37. The first-order chi connectivity index (χ1) is 9.75. The van der Waals surface area contributed by atoms with Crippen LogP contribution < -0.4 is 5.73 Å².